The standard InChI is InChI=1S/C22H28FN3O2/c1-4-15(2)21-20(22(27)24-14-17-6-5-7-18(23)13-17)16(3)12-19(25-21)26-8-10-28-11-9-26/h5-7,12-13,15H,4,8-11,14H2,1-3H3,(H,24,27). The molecule has 0 bridgehead atoms. The zero-order chi connectivity index (χ0) is 20.1. The normalized spacial score (nSPS) is 15.4. The van der Waals surface area contributed by atoms with Crippen molar-refractivity contribution >= 4 is 11.7 Å². The van der Waals surface area contributed by atoms with Crippen LogP contribution in [0.5, 0.6) is 0 Å². The lowest BCUT2D eigenvalue weighted by molar-refractivity contribution is 0.0948. The minimum atomic E-state index is -0.306. The van der Waals surface area contributed by atoms with Crippen molar-refractivity contribution in [3.8, 4) is 0 Å². The summed E-state index contributed by atoms with van der Waals surface area (Å²) in [5.41, 5.74) is 3.08. The molecule has 28 heavy (non-hydrogen) atoms. The van der Waals surface area contributed by atoms with Crippen LogP contribution in [0.1, 0.15) is 53.4 Å². The summed E-state index contributed by atoms with van der Waals surface area (Å²) in [6.45, 7) is 9.40. The molecular formula is C22H28FN3O2. The fourth-order valence-corrected chi connectivity index (χ4v) is 3.40. The molecule has 1 unspecified atom stereocenters. The maximum absolute atomic E-state index is 13.4. The number of amides is 1. The molecule has 1 amide bonds. The number of benzene rings is 1. The fourth-order valence-electron chi connectivity index (χ4n) is 3.40. The van der Waals surface area contributed by atoms with Gasteiger partial charge < -0.3 is 15.0 Å². The van der Waals surface area contributed by atoms with Gasteiger partial charge in [0.2, 0.25) is 0 Å². The Labute approximate surface area is 165 Å². The van der Waals surface area contributed by atoms with Crippen LogP contribution in [0.25, 0.3) is 0 Å². The van der Waals surface area contributed by atoms with Gasteiger partial charge in [0.05, 0.1) is 24.5 Å². The molecule has 150 valence electrons. The van der Waals surface area contributed by atoms with Crippen molar-refractivity contribution in [2.24, 2.45) is 0 Å². The van der Waals surface area contributed by atoms with Gasteiger partial charge in [-0.25, -0.2) is 9.37 Å². The Morgan fingerprint density at radius 2 is 2.07 bits per heavy atom. The molecule has 3 rings (SSSR count). The molecule has 1 aromatic heterocycles. The first kappa shape index (κ1) is 20.3. The first-order valence-corrected chi connectivity index (χ1v) is 9.86. The van der Waals surface area contributed by atoms with Gasteiger partial charge >= 0.3 is 0 Å². The van der Waals surface area contributed by atoms with Gasteiger partial charge in [-0.1, -0.05) is 26.0 Å². The summed E-state index contributed by atoms with van der Waals surface area (Å²) in [7, 11) is 0. The number of aromatic nitrogens is 1. The van der Waals surface area contributed by atoms with Crippen LogP contribution >= 0.6 is 0 Å². The molecule has 1 aliphatic heterocycles. The van der Waals surface area contributed by atoms with Crippen molar-refractivity contribution in [1.29, 1.82) is 0 Å². The smallest absolute Gasteiger partial charge is 0.253 e. The summed E-state index contributed by atoms with van der Waals surface area (Å²) < 4.78 is 18.8. The number of aryl methyl sites for hydroxylation is 1. The van der Waals surface area contributed by atoms with Crippen LogP contribution in [-0.4, -0.2) is 37.2 Å². The van der Waals surface area contributed by atoms with Crippen molar-refractivity contribution in [2.45, 2.75) is 39.7 Å². The first-order valence-electron chi connectivity index (χ1n) is 9.86. The Morgan fingerprint density at radius 3 is 2.75 bits per heavy atom. The number of nitrogens with one attached hydrogen (secondary N) is 1. The molecule has 0 spiro atoms. The molecule has 0 saturated carbocycles. The summed E-state index contributed by atoms with van der Waals surface area (Å²) in [6.07, 6.45) is 0.892. The Kier molecular flexibility index (Phi) is 6.62. The van der Waals surface area contributed by atoms with Gasteiger partial charge in [0.25, 0.3) is 5.91 Å². The van der Waals surface area contributed by atoms with Crippen LogP contribution in [0.3, 0.4) is 0 Å². The number of ether oxygens (including phenoxy) is 1. The van der Waals surface area contributed by atoms with E-state index in [0.29, 0.717) is 18.8 Å². The lowest BCUT2D eigenvalue weighted by atomic mass is 9.95. The SMILES string of the molecule is CCC(C)c1nc(N2CCOCC2)cc(C)c1C(=O)NCc1cccc(F)c1. The van der Waals surface area contributed by atoms with E-state index in [-0.39, 0.29) is 24.2 Å². The molecule has 2 aromatic rings. The molecule has 1 fully saturated rings. The molecule has 1 N–H and O–H groups in total. The highest BCUT2D eigenvalue weighted by Crippen LogP contribution is 2.28. The highest BCUT2D eigenvalue weighted by atomic mass is 19.1. The molecule has 2 heterocycles. The van der Waals surface area contributed by atoms with E-state index in [0.717, 1.165) is 42.1 Å². The molecule has 0 aliphatic carbocycles. The van der Waals surface area contributed by atoms with E-state index in [1.807, 2.05) is 13.0 Å². The van der Waals surface area contributed by atoms with Crippen LogP contribution in [0.2, 0.25) is 0 Å². The number of halogens is 1. The van der Waals surface area contributed by atoms with Gasteiger partial charge in [0, 0.05) is 19.6 Å². The predicted molar refractivity (Wildman–Crippen MR) is 108 cm³/mol. The van der Waals surface area contributed by atoms with E-state index in [9.17, 15) is 9.18 Å². The zero-order valence-corrected chi connectivity index (χ0v) is 16.8. The molecular weight excluding hydrogens is 357 g/mol. The van der Waals surface area contributed by atoms with E-state index in [2.05, 4.69) is 24.1 Å². The highest BCUT2D eigenvalue weighted by molar-refractivity contribution is 5.97. The summed E-state index contributed by atoms with van der Waals surface area (Å²) in [5.74, 6) is 0.588. The van der Waals surface area contributed by atoms with Gasteiger partial charge in [-0.3, -0.25) is 4.79 Å². The fraction of sp³-hybridized carbons (Fsp3) is 0.455. The Balaban J connectivity index is 1.86. The number of morpholine rings is 1. The number of pyridine rings is 1. The number of rotatable bonds is 6. The van der Waals surface area contributed by atoms with Crippen molar-refractivity contribution < 1.29 is 13.9 Å². The lowest BCUT2D eigenvalue weighted by Gasteiger charge is -2.29. The molecule has 6 heteroatoms. The van der Waals surface area contributed by atoms with E-state index in [1.54, 1.807) is 12.1 Å². The Morgan fingerprint density at radius 1 is 1.32 bits per heavy atom. The first-order chi connectivity index (χ1) is 13.5. The maximum Gasteiger partial charge on any atom is 0.253 e. The van der Waals surface area contributed by atoms with Gasteiger partial charge in [0.1, 0.15) is 11.6 Å². The number of hydrogen-bond acceptors (Lipinski definition) is 4. The maximum atomic E-state index is 13.4. The molecule has 1 atom stereocenters. The average molecular weight is 385 g/mol. The van der Waals surface area contributed by atoms with Gasteiger partial charge in [-0.15, -0.1) is 0 Å². The minimum Gasteiger partial charge on any atom is -0.378 e. The summed E-state index contributed by atoms with van der Waals surface area (Å²) in [4.78, 5) is 20.0. The topological polar surface area (TPSA) is 54.5 Å². The van der Waals surface area contributed by atoms with Gasteiger partial charge in [-0.05, 0) is 48.6 Å². The third kappa shape index (κ3) is 4.68. The molecule has 0 radical (unpaired) electrons. The Hall–Kier alpha value is -2.47. The molecule has 5 nitrogen and oxygen atoms in total. The van der Waals surface area contributed by atoms with Crippen molar-refractivity contribution in [1.82, 2.24) is 10.3 Å². The average Bonchev–Trinajstić information content (AvgIpc) is 2.71. The Bertz CT molecular complexity index is 835. The third-order valence-electron chi connectivity index (χ3n) is 5.21. The summed E-state index contributed by atoms with van der Waals surface area (Å²) >= 11 is 0. The molecule has 1 aliphatic rings. The van der Waals surface area contributed by atoms with Crippen molar-refractivity contribution in [3.05, 3.63) is 58.5 Å². The van der Waals surface area contributed by atoms with Crippen LogP contribution in [0, 0.1) is 12.7 Å². The van der Waals surface area contributed by atoms with Crippen LogP contribution in [-0.2, 0) is 11.3 Å². The van der Waals surface area contributed by atoms with E-state index in [4.69, 9.17) is 9.72 Å². The zero-order valence-electron chi connectivity index (χ0n) is 16.8. The second kappa shape index (κ2) is 9.15. The number of carbonyl (C=O) groups excluding carboxylic acids is 1. The van der Waals surface area contributed by atoms with E-state index < -0.39 is 0 Å². The van der Waals surface area contributed by atoms with Crippen molar-refractivity contribution in [2.75, 3.05) is 31.2 Å². The lowest BCUT2D eigenvalue weighted by Crippen LogP contribution is -2.37. The molecule has 1 aromatic carbocycles. The van der Waals surface area contributed by atoms with Crippen LogP contribution < -0.4 is 10.2 Å². The minimum absolute atomic E-state index is 0.162. The largest absolute Gasteiger partial charge is 0.378 e. The molecule has 1 saturated heterocycles. The van der Waals surface area contributed by atoms with Crippen molar-refractivity contribution in [3.63, 3.8) is 0 Å². The quantitative estimate of drug-likeness (QED) is 0.822. The number of carbonyl (C=O) groups is 1. The monoisotopic (exact) mass is 385 g/mol. The summed E-state index contributed by atoms with van der Waals surface area (Å²) in [5, 5.41) is 2.92. The predicted octanol–water partition coefficient (Wildman–Crippen LogP) is 3.81. The summed E-state index contributed by atoms with van der Waals surface area (Å²) in [6, 6.07) is 8.25. The van der Waals surface area contributed by atoms with E-state index >= 15 is 0 Å². The number of anilines is 1. The van der Waals surface area contributed by atoms with Gasteiger partial charge in [-0.2, -0.15) is 0 Å². The second-order valence-electron chi connectivity index (χ2n) is 7.28. The number of hydrogen-bond donors (Lipinski definition) is 1. The second-order valence-corrected chi connectivity index (χ2v) is 7.28. The van der Waals surface area contributed by atoms with Crippen LogP contribution in [0.4, 0.5) is 10.2 Å². The third-order valence-corrected chi connectivity index (χ3v) is 5.21. The van der Waals surface area contributed by atoms with E-state index in [1.165, 1.54) is 12.1 Å². The highest BCUT2D eigenvalue weighted by Gasteiger charge is 2.23. The van der Waals surface area contributed by atoms with Gasteiger partial charge in [0.15, 0.2) is 0 Å². The number of nitrogens with zero attached hydrogens (tertiary/aromatic N) is 2. The van der Waals surface area contributed by atoms with Crippen LogP contribution in [0.15, 0.2) is 30.3 Å².